The molecule has 0 aliphatic rings. The Morgan fingerprint density at radius 3 is 1.56 bits per heavy atom. The number of hydrogen-bond acceptors (Lipinski definition) is 3. The van der Waals surface area contributed by atoms with Crippen LogP contribution in [0, 0.1) is 0 Å². The molecule has 9 rings (SSSR count). The Hall–Kier alpha value is -6.71. The minimum absolute atomic E-state index is 0.692. The zero-order chi connectivity index (χ0) is 33.3. The zero-order valence-corrected chi connectivity index (χ0v) is 27.2. The fourth-order valence-electron chi connectivity index (χ4n) is 6.67. The molecule has 0 atom stereocenters. The molecule has 0 amide bonds. The van der Waals surface area contributed by atoms with Gasteiger partial charge in [-0.05, 0) is 56.8 Å². The highest BCUT2D eigenvalue weighted by Gasteiger charge is 2.13. The summed E-state index contributed by atoms with van der Waals surface area (Å²) < 4.78 is 0. The Labute approximate surface area is 291 Å². The van der Waals surface area contributed by atoms with Crippen molar-refractivity contribution in [1.82, 2.24) is 15.0 Å². The Bertz CT molecular complexity index is 2600. The van der Waals surface area contributed by atoms with Gasteiger partial charge in [-0.2, -0.15) is 0 Å². The second-order valence-corrected chi connectivity index (χ2v) is 12.5. The van der Waals surface area contributed by atoms with Gasteiger partial charge in [0.2, 0.25) is 0 Å². The lowest BCUT2D eigenvalue weighted by Crippen LogP contribution is -1.96. The van der Waals surface area contributed by atoms with Crippen molar-refractivity contribution in [3.8, 4) is 67.3 Å². The van der Waals surface area contributed by atoms with E-state index in [1.807, 2.05) is 30.5 Å². The normalized spacial score (nSPS) is 11.2. The maximum atomic E-state index is 5.14. The van der Waals surface area contributed by atoms with Crippen LogP contribution in [0.4, 0.5) is 0 Å². The lowest BCUT2D eigenvalue weighted by Gasteiger charge is -2.12. The Balaban J connectivity index is 1.10. The molecule has 0 aliphatic heterocycles. The van der Waals surface area contributed by atoms with Crippen LogP contribution in [0.15, 0.2) is 188 Å². The van der Waals surface area contributed by atoms with E-state index in [0.29, 0.717) is 5.82 Å². The summed E-state index contributed by atoms with van der Waals surface area (Å²) in [7, 11) is 0. The van der Waals surface area contributed by atoms with Crippen LogP contribution in [0.1, 0.15) is 0 Å². The van der Waals surface area contributed by atoms with Gasteiger partial charge >= 0.3 is 0 Å². The average molecular weight is 638 g/mol. The quantitative estimate of drug-likeness (QED) is 0.182. The van der Waals surface area contributed by atoms with Crippen molar-refractivity contribution in [3.05, 3.63) is 188 Å². The van der Waals surface area contributed by atoms with Crippen LogP contribution < -0.4 is 0 Å². The van der Waals surface area contributed by atoms with Gasteiger partial charge in [0, 0.05) is 33.8 Å². The first kappa shape index (κ1) is 29.4. The number of aromatic nitrogens is 3. The van der Waals surface area contributed by atoms with E-state index in [0.717, 1.165) is 55.7 Å². The molecule has 2 aromatic heterocycles. The number of para-hydroxylation sites is 1. The van der Waals surface area contributed by atoms with Gasteiger partial charge in [0.05, 0.1) is 16.9 Å². The van der Waals surface area contributed by atoms with Crippen molar-refractivity contribution < 1.29 is 0 Å². The van der Waals surface area contributed by atoms with Crippen molar-refractivity contribution in [1.29, 1.82) is 0 Å². The van der Waals surface area contributed by atoms with Crippen LogP contribution in [0.25, 0.3) is 89.0 Å². The highest BCUT2D eigenvalue weighted by Crippen LogP contribution is 2.33. The minimum atomic E-state index is 0.692. The van der Waals surface area contributed by atoms with Gasteiger partial charge in [-0.15, -0.1) is 0 Å². The molecule has 234 valence electrons. The predicted molar refractivity (Wildman–Crippen MR) is 207 cm³/mol. The fourth-order valence-corrected chi connectivity index (χ4v) is 6.67. The summed E-state index contributed by atoms with van der Waals surface area (Å²) >= 11 is 0. The number of rotatable bonds is 6. The topological polar surface area (TPSA) is 38.7 Å². The second kappa shape index (κ2) is 12.7. The van der Waals surface area contributed by atoms with Crippen LogP contribution in [0.3, 0.4) is 0 Å². The third-order valence-corrected chi connectivity index (χ3v) is 9.36. The molecule has 0 saturated heterocycles. The summed E-state index contributed by atoms with van der Waals surface area (Å²) in [5.74, 6) is 0.692. The van der Waals surface area contributed by atoms with Gasteiger partial charge in [0.25, 0.3) is 0 Å². The molecule has 0 aliphatic carbocycles. The predicted octanol–water partition coefficient (Wildman–Crippen LogP) is 12.2. The third-order valence-electron chi connectivity index (χ3n) is 9.36. The molecular weight excluding hydrogens is 607 g/mol. The molecule has 3 heteroatoms. The first-order valence-corrected chi connectivity index (χ1v) is 16.8. The summed E-state index contributed by atoms with van der Waals surface area (Å²) in [6.07, 6.45) is 1.94. The fraction of sp³-hybridized carbons (Fsp3) is 0. The van der Waals surface area contributed by atoms with E-state index in [9.17, 15) is 0 Å². The second-order valence-electron chi connectivity index (χ2n) is 12.5. The van der Waals surface area contributed by atoms with Gasteiger partial charge in [-0.1, -0.05) is 164 Å². The SMILES string of the molecule is c1ccc(-c2ccc(-c3cc(-c4ccc(-c5cnc6ccccc6c5)cc4)nc(-c4ccc(-c5cccc6ccccc56)cc4)n3)cc2)cc1. The summed E-state index contributed by atoms with van der Waals surface area (Å²) in [6.45, 7) is 0. The molecule has 9 aromatic rings. The van der Waals surface area contributed by atoms with Crippen LogP contribution >= 0.6 is 0 Å². The van der Waals surface area contributed by atoms with E-state index in [4.69, 9.17) is 9.97 Å². The van der Waals surface area contributed by atoms with Crippen LogP contribution in [-0.4, -0.2) is 15.0 Å². The van der Waals surface area contributed by atoms with Crippen molar-refractivity contribution in [2.24, 2.45) is 0 Å². The van der Waals surface area contributed by atoms with Crippen LogP contribution in [-0.2, 0) is 0 Å². The number of nitrogens with zero attached hydrogens (tertiary/aromatic N) is 3. The van der Waals surface area contributed by atoms with Crippen molar-refractivity contribution in [3.63, 3.8) is 0 Å². The number of benzene rings is 7. The number of pyridine rings is 1. The highest BCUT2D eigenvalue weighted by molar-refractivity contribution is 5.97. The summed E-state index contributed by atoms with van der Waals surface area (Å²) in [5, 5.41) is 3.60. The average Bonchev–Trinajstić information content (AvgIpc) is 3.21. The molecule has 50 heavy (non-hydrogen) atoms. The largest absolute Gasteiger partial charge is 0.256 e. The van der Waals surface area contributed by atoms with E-state index in [1.54, 1.807) is 0 Å². The Morgan fingerprint density at radius 1 is 0.320 bits per heavy atom. The van der Waals surface area contributed by atoms with Gasteiger partial charge < -0.3 is 0 Å². The number of hydrogen-bond donors (Lipinski definition) is 0. The molecule has 0 fully saturated rings. The molecule has 0 saturated carbocycles. The highest BCUT2D eigenvalue weighted by atomic mass is 14.9. The standard InChI is InChI=1S/C47H31N3/c1-2-9-32(10-3-1)33-17-23-37(24-18-33)45-30-46(38-25-19-34(20-26-38)41-29-40-12-5-7-16-44(40)48-31-41)50-47(49-45)39-27-21-36(22-28-39)43-15-8-13-35-11-4-6-14-42(35)43/h1-31H. The molecule has 0 bridgehead atoms. The maximum Gasteiger partial charge on any atom is 0.160 e. The van der Waals surface area contributed by atoms with Crippen LogP contribution in [0.2, 0.25) is 0 Å². The Morgan fingerprint density at radius 2 is 0.840 bits per heavy atom. The summed E-state index contributed by atoms with van der Waals surface area (Å²) in [5.41, 5.74) is 12.7. The van der Waals surface area contributed by atoms with E-state index in [1.165, 1.54) is 27.5 Å². The molecule has 0 radical (unpaired) electrons. The van der Waals surface area contributed by atoms with Crippen molar-refractivity contribution in [2.75, 3.05) is 0 Å². The molecule has 0 N–H and O–H groups in total. The van der Waals surface area contributed by atoms with Gasteiger partial charge in [0.15, 0.2) is 5.82 Å². The summed E-state index contributed by atoms with van der Waals surface area (Å²) in [4.78, 5) is 14.9. The third kappa shape index (κ3) is 5.72. The minimum Gasteiger partial charge on any atom is -0.256 e. The molecule has 0 unspecified atom stereocenters. The smallest absolute Gasteiger partial charge is 0.160 e. The van der Waals surface area contributed by atoms with Gasteiger partial charge in [0.1, 0.15) is 0 Å². The zero-order valence-electron chi connectivity index (χ0n) is 27.2. The van der Waals surface area contributed by atoms with Crippen molar-refractivity contribution in [2.45, 2.75) is 0 Å². The first-order valence-electron chi connectivity index (χ1n) is 16.8. The number of fused-ring (bicyclic) bond motifs is 2. The molecular formula is C47H31N3. The van der Waals surface area contributed by atoms with E-state index >= 15 is 0 Å². The Kier molecular flexibility index (Phi) is 7.49. The molecule has 7 aromatic carbocycles. The van der Waals surface area contributed by atoms with Crippen molar-refractivity contribution >= 4 is 21.7 Å². The van der Waals surface area contributed by atoms with Crippen LogP contribution in [0.5, 0.6) is 0 Å². The molecule has 2 heterocycles. The van der Waals surface area contributed by atoms with E-state index in [-0.39, 0.29) is 0 Å². The van der Waals surface area contributed by atoms with E-state index in [2.05, 4.69) is 163 Å². The van der Waals surface area contributed by atoms with Gasteiger partial charge in [-0.3, -0.25) is 4.98 Å². The molecule has 0 spiro atoms. The monoisotopic (exact) mass is 637 g/mol. The summed E-state index contributed by atoms with van der Waals surface area (Å²) in [6, 6.07) is 63.8. The first-order chi connectivity index (χ1) is 24.7. The lowest BCUT2D eigenvalue weighted by molar-refractivity contribution is 1.18. The van der Waals surface area contributed by atoms with Gasteiger partial charge in [-0.25, -0.2) is 9.97 Å². The van der Waals surface area contributed by atoms with E-state index < -0.39 is 0 Å². The molecule has 3 nitrogen and oxygen atoms in total. The maximum absolute atomic E-state index is 5.14. The lowest BCUT2D eigenvalue weighted by atomic mass is 9.97.